The van der Waals surface area contributed by atoms with Crippen LogP contribution in [0.4, 0.5) is 0 Å². The summed E-state index contributed by atoms with van der Waals surface area (Å²) in [4.78, 5) is 2.28. The molecule has 0 aromatic rings. The third-order valence-corrected chi connectivity index (χ3v) is 2.91. The molecule has 0 N–H and O–H groups in total. The van der Waals surface area contributed by atoms with Crippen LogP contribution in [0.3, 0.4) is 0 Å². The van der Waals surface area contributed by atoms with E-state index >= 15 is 0 Å². The predicted molar refractivity (Wildman–Crippen MR) is 73.0 cm³/mol. The molecule has 0 saturated heterocycles. The Morgan fingerprint density at radius 1 is 0.947 bits per heavy atom. The first kappa shape index (κ1) is 16.4. The average Bonchev–Trinajstić information content (AvgIpc) is 2.86. The lowest BCUT2D eigenvalue weighted by molar-refractivity contribution is -0.516. The Hall–Kier alpha value is -0.690. The fourth-order valence-corrected chi connectivity index (χ4v) is 1.79. The van der Waals surface area contributed by atoms with E-state index in [1.165, 1.54) is 0 Å². The van der Waals surface area contributed by atoms with Gasteiger partial charge in [-0.3, -0.25) is 9.48 Å². The highest BCUT2D eigenvalue weighted by Crippen LogP contribution is 1.94. The molecule has 0 atom stereocenters. The number of nitrogens with zero attached hydrogens (tertiary/aromatic N) is 2. The lowest BCUT2D eigenvalue weighted by Gasteiger charge is -2.07. The van der Waals surface area contributed by atoms with Crippen molar-refractivity contribution < 1.29 is 23.5 Å². The summed E-state index contributed by atoms with van der Waals surface area (Å²) in [7, 11) is 3.37. The van der Waals surface area contributed by atoms with Gasteiger partial charge in [-0.15, -0.1) is 0 Å². The maximum absolute atomic E-state index is 5.45. The highest BCUT2D eigenvalue weighted by Gasteiger charge is 2.18. The molecule has 1 aliphatic rings. The van der Waals surface area contributed by atoms with Gasteiger partial charge in [0.05, 0.1) is 39.6 Å². The van der Waals surface area contributed by atoms with Gasteiger partial charge < -0.3 is 18.9 Å². The van der Waals surface area contributed by atoms with Crippen LogP contribution in [0.15, 0.2) is 0 Å². The van der Waals surface area contributed by atoms with E-state index in [1.807, 2.05) is 0 Å². The van der Waals surface area contributed by atoms with Crippen molar-refractivity contribution in [2.24, 2.45) is 0 Å². The molecule has 1 rings (SSSR count). The number of methoxy groups -OCH3 is 2. The molecule has 1 aliphatic heterocycles. The molecule has 0 fully saturated rings. The lowest BCUT2D eigenvalue weighted by atomic mass is 10.5. The SMILES string of the molecule is COCCOCCN1C=[N+](CCOCCOC)CC1. The lowest BCUT2D eigenvalue weighted by Crippen LogP contribution is -2.25. The predicted octanol–water partition coefficient (Wildman–Crippen LogP) is -0.331. The molecular weight excluding hydrogens is 248 g/mol. The zero-order valence-electron chi connectivity index (χ0n) is 12.2. The zero-order chi connectivity index (χ0) is 13.8. The smallest absolute Gasteiger partial charge is 0.234 e. The Morgan fingerprint density at radius 2 is 1.63 bits per heavy atom. The standard InChI is InChI=1S/C13H27N2O4/c1-16-9-11-18-7-5-14-3-4-15(13-14)6-8-19-12-10-17-2/h13H,3-12H2,1-2H3/q+1. The van der Waals surface area contributed by atoms with Gasteiger partial charge in [-0.2, -0.15) is 0 Å². The van der Waals surface area contributed by atoms with Crippen LogP contribution in [-0.2, 0) is 18.9 Å². The summed E-state index contributed by atoms with van der Waals surface area (Å²) in [6.45, 7) is 8.15. The van der Waals surface area contributed by atoms with E-state index in [2.05, 4.69) is 15.8 Å². The van der Waals surface area contributed by atoms with Crippen LogP contribution in [-0.4, -0.2) is 95.9 Å². The van der Waals surface area contributed by atoms with Crippen LogP contribution < -0.4 is 0 Å². The van der Waals surface area contributed by atoms with Crippen LogP contribution in [0.25, 0.3) is 0 Å². The van der Waals surface area contributed by atoms with Crippen LogP contribution in [0, 0.1) is 0 Å². The highest BCUT2D eigenvalue weighted by atomic mass is 16.5. The van der Waals surface area contributed by atoms with Gasteiger partial charge in [-0.05, 0) is 0 Å². The van der Waals surface area contributed by atoms with Crippen LogP contribution in [0.5, 0.6) is 0 Å². The summed E-state index contributed by atoms with van der Waals surface area (Å²) in [5.41, 5.74) is 0. The van der Waals surface area contributed by atoms with Crippen molar-refractivity contribution in [1.29, 1.82) is 0 Å². The third-order valence-electron chi connectivity index (χ3n) is 2.91. The normalized spacial score (nSPS) is 15.1. The molecule has 0 aromatic heterocycles. The number of hydrogen-bond donors (Lipinski definition) is 0. The van der Waals surface area contributed by atoms with Crippen molar-refractivity contribution in [2.45, 2.75) is 0 Å². The highest BCUT2D eigenvalue weighted by molar-refractivity contribution is 5.50. The van der Waals surface area contributed by atoms with Gasteiger partial charge in [0.2, 0.25) is 6.34 Å². The maximum atomic E-state index is 5.45. The van der Waals surface area contributed by atoms with Crippen molar-refractivity contribution >= 4 is 6.34 Å². The van der Waals surface area contributed by atoms with E-state index in [-0.39, 0.29) is 0 Å². The second kappa shape index (κ2) is 11.2. The van der Waals surface area contributed by atoms with Crippen LogP contribution in [0.2, 0.25) is 0 Å². The molecular formula is C13H27N2O4+. The molecule has 112 valence electrons. The molecule has 0 unspecified atom stereocenters. The second-order valence-corrected chi connectivity index (χ2v) is 4.40. The van der Waals surface area contributed by atoms with Gasteiger partial charge in [0, 0.05) is 14.2 Å². The minimum Gasteiger partial charge on any atom is -0.382 e. The third kappa shape index (κ3) is 8.15. The Bertz CT molecular complexity index is 249. The molecule has 0 saturated carbocycles. The topological polar surface area (TPSA) is 43.2 Å². The van der Waals surface area contributed by atoms with Gasteiger partial charge in [0.1, 0.15) is 26.2 Å². The van der Waals surface area contributed by atoms with Crippen molar-refractivity contribution in [3.63, 3.8) is 0 Å². The number of hydrogen-bond acceptors (Lipinski definition) is 5. The van der Waals surface area contributed by atoms with Gasteiger partial charge in [-0.25, -0.2) is 0 Å². The Balaban J connectivity index is 1.99. The first-order chi connectivity index (χ1) is 9.36. The van der Waals surface area contributed by atoms with E-state index in [4.69, 9.17) is 18.9 Å². The van der Waals surface area contributed by atoms with Crippen molar-refractivity contribution in [1.82, 2.24) is 4.90 Å². The molecule has 1 heterocycles. The van der Waals surface area contributed by atoms with Gasteiger partial charge in [-0.1, -0.05) is 0 Å². The summed E-state index contributed by atoms with van der Waals surface area (Å²) in [6, 6.07) is 0. The molecule has 19 heavy (non-hydrogen) atoms. The Kier molecular flexibility index (Phi) is 9.61. The minimum absolute atomic E-state index is 0.661. The molecule has 0 radical (unpaired) electrons. The van der Waals surface area contributed by atoms with Crippen molar-refractivity contribution in [3.05, 3.63) is 0 Å². The van der Waals surface area contributed by atoms with E-state index in [0.717, 1.165) is 39.4 Å². The van der Waals surface area contributed by atoms with E-state index in [0.29, 0.717) is 26.4 Å². The van der Waals surface area contributed by atoms with Crippen molar-refractivity contribution in [2.75, 3.05) is 80.0 Å². The molecule has 0 bridgehead atoms. The monoisotopic (exact) mass is 275 g/mol. The Labute approximate surface area is 115 Å². The summed E-state index contributed by atoms with van der Waals surface area (Å²) < 4.78 is 23.0. The van der Waals surface area contributed by atoms with E-state index in [1.54, 1.807) is 14.2 Å². The number of rotatable bonds is 12. The summed E-state index contributed by atoms with van der Waals surface area (Å²) in [6.07, 6.45) is 2.17. The molecule has 6 heteroatoms. The molecule has 0 aromatic carbocycles. The average molecular weight is 275 g/mol. The van der Waals surface area contributed by atoms with Gasteiger partial charge in [0.15, 0.2) is 0 Å². The first-order valence-electron chi connectivity index (χ1n) is 6.83. The quantitative estimate of drug-likeness (QED) is 0.360. The number of ether oxygens (including phenoxy) is 4. The molecule has 6 nitrogen and oxygen atoms in total. The zero-order valence-corrected chi connectivity index (χ0v) is 12.2. The fourth-order valence-electron chi connectivity index (χ4n) is 1.79. The first-order valence-corrected chi connectivity index (χ1v) is 6.83. The molecule has 0 amide bonds. The van der Waals surface area contributed by atoms with Crippen LogP contribution in [0.1, 0.15) is 0 Å². The fraction of sp³-hybridized carbons (Fsp3) is 0.923. The maximum Gasteiger partial charge on any atom is 0.234 e. The van der Waals surface area contributed by atoms with Gasteiger partial charge >= 0.3 is 0 Å². The second-order valence-electron chi connectivity index (χ2n) is 4.40. The van der Waals surface area contributed by atoms with E-state index < -0.39 is 0 Å². The largest absolute Gasteiger partial charge is 0.382 e. The molecule has 0 aliphatic carbocycles. The Morgan fingerprint density at radius 3 is 2.32 bits per heavy atom. The summed E-state index contributed by atoms with van der Waals surface area (Å²) in [5, 5.41) is 0. The van der Waals surface area contributed by atoms with Crippen LogP contribution >= 0.6 is 0 Å². The van der Waals surface area contributed by atoms with Gasteiger partial charge in [0.25, 0.3) is 0 Å². The minimum atomic E-state index is 0.661. The van der Waals surface area contributed by atoms with Crippen molar-refractivity contribution in [3.8, 4) is 0 Å². The summed E-state index contributed by atoms with van der Waals surface area (Å²) in [5.74, 6) is 0. The summed E-state index contributed by atoms with van der Waals surface area (Å²) >= 11 is 0. The van der Waals surface area contributed by atoms with E-state index in [9.17, 15) is 0 Å². The molecule has 0 spiro atoms.